The van der Waals surface area contributed by atoms with Crippen LogP contribution < -0.4 is 15.8 Å². The molecule has 0 aliphatic heterocycles. The summed E-state index contributed by atoms with van der Waals surface area (Å²) in [6.45, 7) is 0. The molecule has 0 radical (unpaired) electrons. The summed E-state index contributed by atoms with van der Waals surface area (Å²) >= 11 is -3.18. The fourth-order valence-electron chi connectivity index (χ4n) is 0. The predicted octanol–water partition coefficient (Wildman–Crippen LogP) is -2.74. The minimum atomic E-state index is -3.18. The monoisotopic (exact) mass is 184 g/mol. The van der Waals surface area contributed by atoms with Crippen LogP contribution in [0.2, 0.25) is 0 Å². The molecule has 0 saturated heterocycles. The quantitative estimate of drug-likeness (QED) is 0.305. The third-order valence-corrected chi connectivity index (χ3v) is 0. The van der Waals surface area contributed by atoms with Gasteiger partial charge >= 0.3 is 35.3 Å². The van der Waals surface area contributed by atoms with Gasteiger partial charge < -0.3 is 0 Å². The van der Waals surface area contributed by atoms with Gasteiger partial charge in [-0.2, -0.15) is 0 Å². The maximum atomic E-state index is 4.90. The summed E-state index contributed by atoms with van der Waals surface area (Å²) in [5.74, 6) is 0. The summed E-state index contributed by atoms with van der Waals surface area (Å²) in [4.78, 5) is 0. The van der Waals surface area contributed by atoms with Gasteiger partial charge in [0.1, 0.15) is 0 Å². The second-order valence-electron chi connectivity index (χ2n) is 1.00. The standard InChI is InChI=1S/4H2N.Sn/h4*1H2;/q4*-1;+4. The van der Waals surface area contributed by atoms with Crippen LogP contribution in [0.1, 0.15) is 0 Å². The summed E-state index contributed by atoms with van der Waals surface area (Å²) in [5, 5.41) is 0. The molecule has 0 unspecified atom stereocenters. The van der Waals surface area contributed by atoms with Crippen LogP contribution in [0.5, 0.6) is 0 Å². The SMILES string of the molecule is [NH2][Sn]([NH2])([NH2])[NH2]. The Morgan fingerprint density at radius 2 is 0.800 bits per heavy atom. The van der Waals surface area contributed by atoms with Crippen LogP contribution in [-0.2, 0) is 0 Å². The second-order valence-corrected chi connectivity index (χ2v) is 6.71. The molecule has 0 rings (SSSR count). The van der Waals surface area contributed by atoms with Crippen LogP contribution in [0.4, 0.5) is 0 Å². The van der Waals surface area contributed by atoms with Crippen molar-refractivity contribution in [2.24, 2.45) is 15.8 Å². The summed E-state index contributed by atoms with van der Waals surface area (Å²) in [6, 6.07) is 0. The zero-order chi connectivity index (χ0) is 4.50. The van der Waals surface area contributed by atoms with Crippen molar-refractivity contribution in [3.05, 3.63) is 0 Å². The van der Waals surface area contributed by atoms with E-state index >= 15 is 0 Å². The molecule has 0 heterocycles. The Labute approximate surface area is 35.8 Å². The van der Waals surface area contributed by atoms with Gasteiger partial charge in [0.15, 0.2) is 0 Å². The van der Waals surface area contributed by atoms with Crippen LogP contribution >= 0.6 is 0 Å². The van der Waals surface area contributed by atoms with Crippen LogP contribution in [0, 0.1) is 0 Å². The normalized spacial score (nSPS) is 12.0. The van der Waals surface area contributed by atoms with Crippen molar-refractivity contribution >= 4 is 19.5 Å². The van der Waals surface area contributed by atoms with Crippen LogP contribution in [0.15, 0.2) is 0 Å². The summed E-state index contributed by atoms with van der Waals surface area (Å²) < 4.78 is 19.6. The fourth-order valence-corrected chi connectivity index (χ4v) is 0. The number of nitrogens with two attached hydrogens (primary N) is 4. The molecule has 0 atom stereocenters. The zero-order valence-electron chi connectivity index (χ0n) is 2.81. The maximum absolute atomic E-state index is 4.90. The van der Waals surface area contributed by atoms with Gasteiger partial charge in [0.05, 0.1) is 0 Å². The van der Waals surface area contributed by atoms with Crippen molar-refractivity contribution < 1.29 is 0 Å². The molecule has 4 nitrogen and oxygen atoms in total. The fraction of sp³-hybridized carbons (Fsp3) is 0. The predicted molar refractivity (Wildman–Crippen MR) is 22.5 cm³/mol. The Hall–Kier alpha value is 0.639. The summed E-state index contributed by atoms with van der Waals surface area (Å²) in [7, 11) is 0. The van der Waals surface area contributed by atoms with Crippen molar-refractivity contribution in [1.29, 1.82) is 0 Å². The van der Waals surface area contributed by atoms with Gasteiger partial charge in [-0.1, -0.05) is 0 Å². The Bertz CT molecular complexity index is 19.1. The van der Waals surface area contributed by atoms with Gasteiger partial charge in [0.25, 0.3) is 0 Å². The van der Waals surface area contributed by atoms with Crippen molar-refractivity contribution in [1.82, 2.24) is 0 Å². The average Bonchev–Trinajstić information content (AvgIpc) is 0.722. The van der Waals surface area contributed by atoms with Crippen LogP contribution in [0.25, 0.3) is 0 Å². The van der Waals surface area contributed by atoms with Crippen molar-refractivity contribution in [3.8, 4) is 0 Å². The van der Waals surface area contributed by atoms with Gasteiger partial charge in [-0.25, -0.2) is 0 Å². The van der Waals surface area contributed by atoms with Gasteiger partial charge in [0, 0.05) is 0 Å². The molecule has 8 N–H and O–H groups in total. The first kappa shape index (κ1) is 5.64. The molecule has 0 aromatic carbocycles. The van der Waals surface area contributed by atoms with Crippen LogP contribution in [-0.4, -0.2) is 19.5 Å². The average molecular weight is 183 g/mol. The van der Waals surface area contributed by atoms with E-state index in [1.807, 2.05) is 0 Å². The van der Waals surface area contributed by atoms with E-state index in [1.54, 1.807) is 0 Å². The van der Waals surface area contributed by atoms with E-state index in [0.29, 0.717) is 0 Å². The number of rotatable bonds is 0. The number of hydrogen-bond acceptors (Lipinski definition) is 4. The third kappa shape index (κ3) is 79.2. The van der Waals surface area contributed by atoms with E-state index < -0.39 is 19.5 Å². The molecule has 0 aliphatic rings. The Morgan fingerprint density at radius 1 is 0.800 bits per heavy atom. The molecule has 0 spiro atoms. The Balaban J connectivity index is 3.02. The second kappa shape index (κ2) is 1.39. The van der Waals surface area contributed by atoms with Crippen LogP contribution in [0.3, 0.4) is 0 Å². The van der Waals surface area contributed by atoms with E-state index in [-0.39, 0.29) is 0 Å². The molecule has 0 fully saturated rings. The molecule has 0 aromatic rings. The van der Waals surface area contributed by atoms with Crippen molar-refractivity contribution in [2.75, 3.05) is 0 Å². The van der Waals surface area contributed by atoms with E-state index in [9.17, 15) is 0 Å². The molecule has 32 valence electrons. The van der Waals surface area contributed by atoms with Gasteiger partial charge in [-0.3, -0.25) is 0 Å². The first-order valence-electron chi connectivity index (χ1n) is 1.15. The number of hydrogen-bond donors (Lipinski definition) is 4. The molecule has 0 saturated carbocycles. The summed E-state index contributed by atoms with van der Waals surface area (Å²) in [5.41, 5.74) is 0. The van der Waals surface area contributed by atoms with Crippen molar-refractivity contribution in [3.63, 3.8) is 0 Å². The van der Waals surface area contributed by atoms with E-state index in [2.05, 4.69) is 0 Å². The van der Waals surface area contributed by atoms with E-state index in [0.717, 1.165) is 0 Å². The van der Waals surface area contributed by atoms with E-state index in [1.165, 1.54) is 0 Å². The first-order valence-corrected chi connectivity index (χ1v) is 7.75. The van der Waals surface area contributed by atoms with E-state index in [4.69, 9.17) is 15.8 Å². The first-order chi connectivity index (χ1) is 2.00. The molecule has 0 aromatic heterocycles. The zero-order valence-corrected chi connectivity index (χ0v) is 5.66. The molecule has 0 aliphatic carbocycles. The third-order valence-electron chi connectivity index (χ3n) is 0. The molecular formula is H8N4Sn. The molecule has 5 heavy (non-hydrogen) atoms. The van der Waals surface area contributed by atoms with Gasteiger partial charge in [-0.05, 0) is 0 Å². The van der Waals surface area contributed by atoms with Gasteiger partial charge in [0.2, 0.25) is 0 Å². The Kier molecular flexibility index (Phi) is 1.57. The van der Waals surface area contributed by atoms with Crippen molar-refractivity contribution in [2.45, 2.75) is 0 Å². The minimum absolute atomic E-state index is 3.18. The topological polar surface area (TPSA) is 104 Å². The molecule has 0 bridgehead atoms. The molecule has 0 amide bonds. The molecular weight excluding hydrogens is 175 g/mol. The Morgan fingerprint density at radius 3 is 0.800 bits per heavy atom. The van der Waals surface area contributed by atoms with Gasteiger partial charge in [-0.15, -0.1) is 0 Å². The summed E-state index contributed by atoms with van der Waals surface area (Å²) in [6.07, 6.45) is 0. The molecule has 5 heteroatoms.